The summed E-state index contributed by atoms with van der Waals surface area (Å²) in [6.07, 6.45) is 0. The first-order valence-corrected chi connectivity index (χ1v) is 48.9. The summed E-state index contributed by atoms with van der Waals surface area (Å²) in [7, 11) is 0. The van der Waals surface area contributed by atoms with Crippen molar-refractivity contribution in [3.05, 3.63) is 534 Å². The molecular formula is C136H88N6. The number of nitrogens with zero attached hydrogens (tertiary/aromatic N) is 6. The topological polar surface area (TPSA) is 29.6 Å². The first kappa shape index (κ1) is 81.5. The zero-order valence-corrected chi connectivity index (χ0v) is 77.5. The lowest BCUT2D eigenvalue weighted by Gasteiger charge is -2.11. The SMILES string of the molecule is c1ccc(-c2ccc(-n3c4ccccc4c4cc(-c5ccc6c7ccccc7n(-c7ccc8ccccc8c7)c6c5)ccc43)cc2)cc1.c1ccc(-c2ccc(-n3c4ccccc4c4ccc(-c5ccc6c(c5)c5ccccc5n6-c5ccc6ccccc6c5)cc43)cc2)cc1.c1ccc2cc(-n3c4ccccc4c4cc(-c5ccc6c7ccccc7n(-c7ccc8ccccc8c7)c6c5)ccc43)ccc2c1. The molecule has 142 heavy (non-hydrogen) atoms. The molecule has 0 aliphatic heterocycles. The summed E-state index contributed by atoms with van der Waals surface area (Å²) in [5.41, 5.74) is 33.8. The average Bonchev–Trinajstić information content (AvgIpc) is 1.59. The maximum absolute atomic E-state index is 2.42. The molecule has 24 aromatic carbocycles. The van der Waals surface area contributed by atoms with E-state index < -0.39 is 0 Å². The zero-order chi connectivity index (χ0) is 93.4. The van der Waals surface area contributed by atoms with Gasteiger partial charge in [-0.3, -0.25) is 0 Å². The molecule has 6 heterocycles. The van der Waals surface area contributed by atoms with E-state index in [0.29, 0.717) is 0 Å². The third kappa shape index (κ3) is 13.7. The molecule has 0 N–H and O–H groups in total. The highest BCUT2D eigenvalue weighted by atomic mass is 15.0. The lowest BCUT2D eigenvalue weighted by molar-refractivity contribution is 1.18. The molecule has 0 amide bonds. The lowest BCUT2D eigenvalue weighted by Crippen LogP contribution is -1.94. The molecule has 6 aromatic heterocycles. The molecule has 0 spiro atoms. The van der Waals surface area contributed by atoms with Crippen LogP contribution < -0.4 is 0 Å². The second-order valence-corrected chi connectivity index (χ2v) is 37.5. The van der Waals surface area contributed by atoms with Crippen LogP contribution in [0.3, 0.4) is 0 Å². The van der Waals surface area contributed by atoms with Crippen LogP contribution in [-0.2, 0) is 0 Å². The average molecular weight is 1810 g/mol. The number of hydrogen-bond donors (Lipinski definition) is 0. The molecule has 0 unspecified atom stereocenters. The van der Waals surface area contributed by atoms with Gasteiger partial charge in [-0.1, -0.05) is 370 Å². The summed E-state index contributed by atoms with van der Waals surface area (Å²) in [5, 5.41) is 25.1. The summed E-state index contributed by atoms with van der Waals surface area (Å²) in [6, 6.07) is 195. The van der Waals surface area contributed by atoms with Crippen LogP contribution in [0.1, 0.15) is 0 Å². The van der Waals surface area contributed by atoms with Gasteiger partial charge in [0, 0.05) is 98.8 Å². The minimum absolute atomic E-state index is 1.16. The van der Waals surface area contributed by atoms with Crippen molar-refractivity contribution < 1.29 is 0 Å². The first-order valence-electron chi connectivity index (χ1n) is 48.9. The third-order valence-corrected chi connectivity index (χ3v) is 29.5. The molecule has 30 rings (SSSR count). The van der Waals surface area contributed by atoms with Crippen LogP contribution in [0.2, 0.25) is 0 Å². The Kier molecular flexibility index (Phi) is 19.2. The van der Waals surface area contributed by atoms with E-state index in [0.717, 1.165) is 11.4 Å². The maximum Gasteiger partial charge on any atom is 0.0547 e. The number of aromatic nitrogens is 6. The van der Waals surface area contributed by atoms with Gasteiger partial charge in [-0.25, -0.2) is 0 Å². The van der Waals surface area contributed by atoms with Crippen molar-refractivity contribution in [1.82, 2.24) is 27.4 Å². The van der Waals surface area contributed by atoms with Gasteiger partial charge in [-0.05, 0) is 263 Å². The molecule has 0 saturated heterocycles. The zero-order valence-electron chi connectivity index (χ0n) is 77.5. The highest BCUT2D eigenvalue weighted by molar-refractivity contribution is 6.18. The number of fused-ring (bicyclic) bond motifs is 22. The van der Waals surface area contributed by atoms with Crippen molar-refractivity contribution in [2.45, 2.75) is 0 Å². The lowest BCUT2D eigenvalue weighted by atomic mass is 10.0. The monoisotopic (exact) mass is 1800 g/mol. The van der Waals surface area contributed by atoms with E-state index in [-0.39, 0.29) is 0 Å². The third-order valence-electron chi connectivity index (χ3n) is 29.5. The highest BCUT2D eigenvalue weighted by Crippen LogP contribution is 2.46. The second-order valence-electron chi connectivity index (χ2n) is 37.5. The minimum atomic E-state index is 1.16. The van der Waals surface area contributed by atoms with Crippen LogP contribution in [0.5, 0.6) is 0 Å². The molecule has 0 saturated carbocycles. The maximum atomic E-state index is 2.42. The van der Waals surface area contributed by atoms with E-state index in [2.05, 4.69) is 561 Å². The normalized spacial score (nSPS) is 11.8. The predicted molar refractivity (Wildman–Crippen MR) is 603 cm³/mol. The van der Waals surface area contributed by atoms with Crippen LogP contribution in [0, 0.1) is 0 Å². The van der Waals surface area contributed by atoms with Gasteiger partial charge in [0.2, 0.25) is 0 Å². The summed E-state index contributed by atoms with van der Waals surface area (Å²) in [6.45, 7) is 0. The van der Waals surface area contributed by atoms with E-state index in [1.807, 2.05) is 0 Å². The summed E-state index contributed by atoms with van der Waals surface area (Å²) >= 11 is 0. The molecule has 0 aliphatic rings. The summed E-state index contributed by atoms with van der Waals surface area (Å²) < 4.78 is 14.5. The Bertz CT molecular complexity index is 10300. The van der Waals surface area contributed by atoms with Crippen molar-refractivity contribution in [1.29, 1.82) is 0 Å². The smallest absolute Gasteiger partial charge is 0.0547 e. The first-order chi connectivity index (χ1) is 70.4. The van der Waals surface area contributed by atoms with Crippen LogP contribution in [0.4, 0.5) is 0 Å². The van der Waals surface area contributed by atoms with Gasteiger partial charge in [-0.15, -0.1) is 0 Å². The van der Waals surface area contributed by atoms with Gasteiger partial charge in [0.05, 0.1) is 66.2 Å². The van der Waals surface area contributed by atoms with E-state index in [9.17, 15) is 0 Å². The van der Waals surface area contributed by atoms with Gasteiger partial charge in [0.25, 0.3) is 0 Å². The molecule has 30 aromatic rings. The van der Waals surface area contributed by atoms with Crippen molar-refractivity contribution >= 4 is 174 Å². The summed E-state index contributed by atoms with van der Waals surface area (Å²) in [4.78, 5) is 0. The number of rotatable bonds is 11. The number of benzene rings is 24. The molecule has 6 nitrogen and oxygen atoms in total. The summed E-state index contributed by atoms with van der Waals surface area (Å²) in [5.74, 6) is 0. The molecule has 0 radical (unpaired) electrons. The van der Waals surface area contributed by atoms with Gasteiger partial charge >= 0.3 is 0 Å². The standard InChI is InChI=1S/2C46H30N2.C44H28N2/c1-2-10-31(11-3-1)33-18-23-37(24-19-33)47-44-17-9-7-15-40(44)42-29-35(22-27-45(42)47)36-21-26-41-39-14-6-8-16-43(39)48(46(41)30-36)38-25-20-32-12-4-5-13-34(32)28-38;1-2-10-31(11-3-1)33-18-23-37(24-19-33)47-43-16-8-6-14-39(43)41-26-21-36(30-46(41)47)35-22-27-45-42(29-35)40-15-7-9-17-44(40)48(45)38-25-20-32-12-4-5-13-34(32)28-38;1-3-11-31-25-35(21-17-29(31)9-1)45-42-16-8-6-14-38(42)40-27-33(20-24-43(40)45)34-19-23-39-37-13-5-7-15-41(37)46(44(39)28-34)36-22-18-30-10-2-4-12-32(30)26-36/h2*1-30H;1-28H. The van der Waals surface area contributed by atoms with Crippen molar-refractivity contribution in [3.63, 3.8) is 0 Å². The fourth-order valence-electron chi connectivity index (χ4n) is 22.7. The Hall–Kier alpha value is -18.9. The fourth-order valence-corrected chi connectivity index (χ4v) is 22.7. The minimum Gasteiger partial charge on any atom is -0.309 e. The van der Waals surface area contributed by atoms with Crippen molar-refractivity contribution in [3.8, 4) is 89.8 Å². The van der Waals surface area contributed by atoms with Gasteiger partial charge < -0.3 is 27.4 Å². The van der Waals surface area contributed by atoms with E-state index >= 15 is 0 Å². The second kappa shape index (κ2) is 33.5. The van der Waals surface area contributed by atoms with Crippen LogP contribution >= 0.6 is 0 Å². The Morgan fingerprint density at radius 2 is 0.261 bits per heavy atom. The van der Waals surface area contributed by atoms with Crippen molar-refractivity contribution in [2.75, 3.05) is 0 Å². The molecule has 0 fully saturated rings. The largest absolute Gasteiger partial charge is 0.309 e. The number of hydrogen-bond acceptors (Lipinski definition) is 0. The van der Waals surface area contributed by atoms with Crippen molar-refractivity contribution in [2.24, 2.45) is 0 Å². The Morgan fingerprint density at radius 1 is 0.0845 bits per heavy atom. The Morgan fingerprint density at radius 3 is 0.542 bits per heavy atom. The quantitative estimate of drug-likeness (QED) is 0.124. The predicted octanol–water partition coefficient (Wildman–Crippen LogP) is 36.6. The molecular weight excluding hydrogens is 1720 g/mol. The molecule has 662 valence electrons. The molecule has 0 atom stereocenters. The van der Waals surface area contributed by atoms with Crippen LogP contribution in [0.25, 0.3) is 264 Å². The molecule has 0 aliphatic carbocycles. The fraction of sp³-hybridized carbons (Fsp3) is 0. The van der Waals surface area contributed by atoms with E-state index in [4.69, 9.17) is 0 Å². The van der Waals surface area contributed by atoms with E-state index in [1.54, 1.807) is 0 Å². The van der Waals surface area contributed by atoms with Crippen LogP contribution in [0.15, 0.2) is 534 Å². The highest BCUT2D eigenvalue weighted by Gasteiger charge is 2.24. The Labute approximate surface area is 819 Å². The van der Waals surface area contributed by atoms with E-state index in [1.165, 1.54) is 252 Å². The molecule has 0 bridgehead atoms. The van der Waals surface area contributed by atoms with Gasteiger partial charge in [0.1, 0.15) is 0 Å². The molecule has 6 heteroatoms. The van der Waals surface area contributed by atoms with Gasteiger partial charge in [-0.2, -0.15) is 0 Å². The van der Waals surface area contributed by atoms with Gasteiger partial charge in [0.15, 0.2) is 0 Å². The number of para-hydroxylation sites is 6. The Balaban J connectivity index is 0.000000104. The van der Waals surface area contributed by atoms with Crippen LogP contribution in [-0.4, -0.2) is 27.4 Å².